The van der Waals surface area contributed by atoms with Gasteiger partial charge in [0.05, 0.1) is 6.04 Å². The van der Waals surface area contributed by atoms with E-state index in [9.17, 15) is 0 Å². The molecule has 0 saturated heterocycles. The molecular formula is C18H25N4OY+2. The molecule has 1 aromatic heterocycles. The molecule has 1 heterocycles. The number of aromatic nitrogens is 3. The maximum atomic E-state index is 5.93. The minimum Gasteiger partial charge on any atom is -0.491 e. The van der Waals surface area contributed by atoms with Crippen LogP contribution in [0.25, 0.3) is 0 Å². The molecule has 1 unspecified atom stereocenters. The van der Waals surface area contributed by atoms with Crippen LogP contribution in [0, 0.1) is 19.8 Å². The number of nitrogens with one attached hydrogen (secondary N) is 1. The summed E-state index contributed by atoms with van der Waals surface area (Å²) in [6.07, 6.45) is 0.917. The van der Waals surface area contributed by atoms with E-state index in [1.807, 2.05) is 52.0 Å². The van der Waals surface area contributed by atoms with Gasteiger partial charge in [-0.3, -0.25) is 4.98 Å². The summed E-state index contributed by atoms with van der Waals surface area (Å²) in [5.41, 5.74) is 1.14. The monoisotopic (exact) mass is 402 g/mol. The Hall–Kier alpha value is -1.20. The summed E-state index contributed by atoms with van der Waals surface area (Å²) >= 11 is 0. The first-order valence-electron chi connectivity index (χ1n) is 7.97. The van der Waals surface area contributed by atoms with Crippen molar-refractivity contribution in [3.8, 4) is 5.75 Å². The van der Waals surface area contributed by atoms with E-state index in [0.717, 1.165) is 29.5 Å². The first kappa shape index (κ1) is 20.8. The molecule has 1 N–H and O–H groups in total. The second-order valence-electron chi connectivity index (χ2n) is 5.86. The molecule has 1 atom stereocenters. The number of ether oxygens (including phenoxy) is 1. The average molecular weight is 402 g/mol. The normalized spacial score (nSPS) is 11.4. The Bertz CT molecular complexity index is 649. The molecule has 0 bridgehead atoms. The molecule has 0 aliphatic heterocycles. The third kappa shape index (κ3) is 6.02. The number of benzene rings is 1. The van der Waals surface area contributed by atoms with Gasteiger partial charge in [-0.25, -0.2) is 4.98 Å². The number of hydrogen-bond acceptors (Lipinski definition) is 5. The SMILES string of the molecule is CCC(COc1ccccc1C)Nc1nc(C)nc([C-](C)C)n1.[Y+3]. The summed E-state index contributed by atoms with van der Waals surface area (Å²) in [5, 5.41) is 3.35. The van der Waals surface area contributed by atoms with Gasteiger partial charge in [-0.1, -0.05) is 25.1 Å². The van der Waals surface area contributed by atoms with Gasteiger partial charge in [-0.15, -0.1) is 0 Å². The van der Waals surface area contributed by atoms with Crippen LogP contribution in [-0.2, 0) is 32.7 Å². The van der Waals surface area contributed by atoms with Gasteiger partial charge in [0.1, 0.15) is 18.2 Å². The Morgan fingerprint density at radius 1 is 1.12 bits per heavy atom. The van der Waals surface area contributed by atoms with E-state index in [2.05, 4.69) is 27.2 Å². The fraction of sp³-hybridized carbons (Fsp3) is 0.444. The van der Waals surface area contributed by atoms with E-state index in [-0.39, 0.29) is 38.8 Å². The molecule has 0 radical (unpaired) electrons. The summed E-state index contributed by atoms with van der Waals surface area (Å²) in [4.78, 5) is 13.2. The van der Waals surface area contributed by atoms with Crippen LogP contribution in [0.4, 0.5) is 5.95 Å². The number of para-hydroxylation sites is 1. The number of aryl methyl sites for hydroxylation is 2. The Morgan fingerprint density at radius 2 is 1.83 bits per heavy atom. The molecule has 5 nitrogen and oxygen atoms in total. The average Bonchev–Trinajstić information content (AvgIpc) is 2.52. The maximum Gasteiger partial charge on any atom is 3.00 e. The van der Waals surface area contributed by atoms with Crippen molar-refractivity contribution in [2.75, 3.05) is 11.9 Å². The zero-order valence-electron chi connectivity index (χ0n) is 15.1. The van der Waals surface area contributed by atoms with Crippen LogP contribution in [0.5, 0.6) is 5.75 Å². The van der Waals surface area contributed by atoms with Crippen molar-refractivity contribution in [3.63, 3.8) is 0 Å². The summed E-state index contributed by atoms with van der Waals surface area (Å²) in [6, 6.07) is 8.17. The van der Waals surface area contributed by atoms with Crippen molar-refractivity contribution in [1.82, 2.24) is 15.0 Å². The van der Waals surface area contributed by atoms with E-state index in [1.54, 1.807) is 0 Å². The Labute approximate surface area is 169 Å². The molecule has 1 aromatic carbocycles. The standard InChI is InChI=1S/C18H25N4O.Y/c1-6-15(11-23-16-10-8-7-9-13(16)4)21-18-20-14(5)19-17(22-18)12(2)3;/h7-10,15H,6,11H2,1-5H3,(H,19,20,21,22);/q-1;+3. The van der Waals surface area contributed by atoms with Gasteiger partial charge in [-0.2, -0.15) is 18.8 Å². The van der Waals surface area contributed by atoms with Gasteiger partial charge in [-0.05, 0) is 31.9 Å². The first-order chi connectivity index (χ1) is 11.0. The van der Waals surface area contributed by atoms with E-state index >= 15 is 0 Å². The third-order valence-electron chi connectivity index (χ3n) is 3.55. The minimum atomic E-state index is 0. The van der Waals surface area contributed by atoms with Crippen LogP contribution in [0.3, 0.4) is 0 Å². The maximum absolute atomic E-state index is 5.93. The van der Waals surface area contributed by atoms with Crippen LogP contribution in [0.1, 0.15) is 44.4 Å². The van der Waals surface area contributed by atoms with E-state index in [1.165, 1.54) is 0 Å². The van der Waals surface area contributed by atoms with Gasteiger partial charge < -0.3 is 16.0 Å². The summed E-state index contributed by atoms with van der Waals surface area (Å²) < 4.78 is 5.93. The largest absolute Gasteiger partial charge is 3.00 e. The second kappa shape index (κ2) is 9.95. The molecule has 0 amide bonds. The molecular weight excluding hydrogens is 377 g/mol. The Kier molecular flexibility index (Phi) is 8.64. The van der Waals surface area contributed by atoms with Crippen LogP contribution in [-0.4, -0.2) is 27.6 Å². The van der Waals surface area contributed by atoms with Gasteiger partial charge in [0.15, 0.2) is 0 Å². The smallest absolute Gasteiger partial charge is 0.491 e. The molecule has 24 heavy (non-hydrogen) atoms. The molecule has 6 heteroatoms. The zero-order valence-corrected chi connectivity index (χ0v) is 18.0. The molecule has 2 rings (SSSR count). The van der Waals surface area contributed by atoms with Crippen LogP contribution >= 0.6 is 0 Å². The molecule has 0 spiro atoms. The first-order valence-corrected chi connectivity index (χ1v) is 7.97. The fourth-order valence-electron chi connectivity index (χ4n) is 2.12. The van der Waals surface area contributed by atoms with Gasteiger partial charge >= 0.3 is 32.7 Å². The van der Waals surface area contributed by atoms with Crippen LogP contribution in [0.15, 0.2) is 24.3 Å². The van der Waals surface area contributed by atoms with Crippen molar-refractivity contribution in [3.05, 3.63) is 47.4 Å². The Morgan fingerprint density at radius 3 is 2.46 bits per heavy atom. The molecule has 0 aliphatic carbocycles. The van der Waals surface area contributed by atoms with E-state index in [4.69, 9.17) is 4.74 Å². The number of anilines is 1. The quantitative estimate of drug-likeness (QED) is 0.716. The van der Waals surface area contributed by atoms with Gasteiger partial charge in [0, 0.05) is 5.82 Å². The predicted octanol–water partition coefficient (Wildman–Crippen LogP) is 3.72. The number of nitrogens with zero attached hydrogens (tertiary/aromatic N) is 3. The topological polar surface area (TPSA) is 59.9 Å². The van der Waals surface area contributed by atoms with Crippen molar-refractivity contribution < 1.29 is 37.4 Å². The third-order valence-corrected chi connectivity index (χ3v) is 3.55. The molecule has 124 valence electrons. The van der Waals surface area contributed by atoms with Gasteiger partial charge in [0.25, 0.3) is 0 Å². The van der Waals surface area contributed by atoms with E-state index < -0.39 is 0 Å². The second-order valence-corrected chi connectivity index (χ2v) is 5.86. The van der Waals surface area contributed by atoms with Gasteiger partial charge in [0.2, 0.25) is 5.95 Å². The van der Waals surface area contributed by atoms with Crippen LogP contribution < -0.4 is 10.1 Å². The summed E-state index contributed by atoms with van der Waals surface area (Å²) in [7, 11) is 0. The number of rotatable bonds is 7. The Balaban J connectivity index is 0.00000288. The predicted molar refractivity (Wildman–Crippen MR) is 92.6 cm³/mol. The zero-order chi connectivity index (χ0) is 16.8. The summed E-state index contributed by atoms with van der Waals surface area (Å²) in [6.45, 7) is 10.6. The molecule has 0 fully saturated rings. The van der Waals surface area contributed by atoms with E-state index in [0.29, 0.717) is 18.4 Å². The summed E-state index contributed by atoms with van der Waals surface area (Å²) in [5.74, 6) is 4.04. The fourth-order valence-corrected chi connectivity index (χ4v) is 2.12. The van der Waals surface area contributed by atoms with Crippen molar-refractivity contribution in [2.45, 2.75) is 47.1 Å². The van der Waals surface area contributed by atoms with Crippen molar-refractivity contribution in [1.29, 1.82) is 0 Å². The van der Waals surface area contributed by atoms with Crippen molar-refractivity contribution in [2.24, 2.45) is 0 Å². The molecule has 0 aliphatic rings. The molecule has 0 saturated carbocycles. The van der Waals surface area contributed by atoms with Crippen LogP contribution in [0.2, 0.25) is 0 Å². The minimum absolute atomic E-state index is 0. The van der Waals surface area contributed by atoms with Crippen molar-refractivity contribution >= 4 is 5.95 Å². The molecule has 2 aromatic rings. The number of hydrogen-bond donors (Lipinski definition) is 1.